The van der Waals surface area contributed by atoms with Gasteiger partial charge in [-0.3, -0.25) is 19.5 Å². The largest absolute Gasteiger partial charge is 0.465 e. The van der Waals surface area contributed by atoms with Crippen LogP contribution in [0.1, 0.15) is 47.1 Å². The van der Waals surface area contributed by atoms with Crippen LogP contribution >= 0.6 is 22.9 Å². The van der Waals surface area contributed by atoms with E-state index in [0.717, 1.165) is 11.3 Å². The molecule has 2 aromatic heterocycles. The third kappa shape index (κ3) is 5.54. The molecule has 5 rings (SSSR count). The van der Waals surface area contributed by atoms with Crippen molar-refractivity contribution in [3.8, 4) is 11.3 Å². The van der Waals surface area contributed by atoms with Crippen molar-refractivity contribution in [3.05, 3.63) is 117 Å². The molecule has 3 heterocycles. The van der Waals surface area contributed by atoms with Gasteiger partial charge in [-0.2, -0.15) is 0 Å². The molecule has 0 saturated heterocycles. The van der Waals surface area contributed by atoms with Crippen LogP contribution in [0.2, 0.25) is 5.02 Å². The maximum absolute atomic E-state index is 13.9. The molecule has 0 fully saturated rings. The lowest BCUT2D eigenvalue weighted by Gasteiger charge is -2.24. The SMILES string of the molecule is CCOC(=O)C1=C(C)N=c2s/c(=C/c3ccc(-c4ccc(Cl)c(C(=O)OC)c4)o3)c(=O)n2[C@@H]1c1ccc(C)c([N+](=O)[O-])c1. The average Bonchev–Trinajstić information content (AvgIpc) is 3.56. The van der Waals surface area contributed by atoms with Crippen molar-refractivity contribution < 1.29 is 28.4 Å². The van der Waals surface area contributed by atoms with Gasteiger partial charge in [-0.25, -0.2) is 14.6 Å². The summed E-state index contributed by atoms with van der Waals surface area (Å²) in [5.74, 6) is -0.494. The summed E-state index contributed by atoms with van der Waals surface area (Å²) in [6.45, 7) is 4.99. The number of rotatable bonds is 7. The number of aromatic nitrogens is 1. The molecular weight excluding hydrogens is 598 g/mol. The highest BCUT2D eigenvalue weighted by Crippen LogP contribution is 2.33. The fourth-order valence-corrected chi connectivity index (χ4v) is 5.98. The third-order valence-corrected chi connectivity index (χ3v) is 8.13. The van der Waals surface area contributed by atoms with Crippen LogP contribution in [0.25, 0.3) is 17.4 Å². The lowest BCUT2D eigenvalue weighted by atomic mass is 9.94. The van der Waals surface area contributed by atoms with E-state index in [4.69, 9.17) is 25.5 Å². The molecule has 11 nitrogen and oxygen atoms in total. The number of aryl methyl sites for hydroxylation is 1. The first-order valence-electron chi connectivity index (χ1n) is 13.0. The molecule has 1 atom stereocenters. The molecule has 0 bridgehead atoms. The van der Waals surface area contributed by atoms with Gasteiger partial charge in [0.2, 0.25) is 0 Å². The van der Waals surface area contributed by atoms with Gasteiger partial charge in [-0.05, 0) is 56.7 Å². The monoisotopic (exact) mass is 621 g/mol. The van der Waals surface area contributed by atoms with Gasteiger partial charge in [-0.15, -0.1) is 0 Å². The van der Waals surface area contributed by atoms with Crippen LogP contribution in [0.15, 0.2) is 74.0 Å². The molecule has 220 valence electrons. The number of esters is 2. The van der Waals surface area contributed by atoms with Crippen molar-refractivity contribution in [1.82, 2.24) is 4.57 Å². The number of benzene rings is 2. The molecule has 0 spiro atoms. The number of nitro benzene ring substituents is 1. The summed E-state index contributed by atoms with van der Waals surface area (Å²) >= 11 is 7.22. The molecule has 13 heteroatoms. The Morgan fingerprint density at radius 2 is 1.93 bits per heavy atom. The van der Waals surface area contributed by atoms with Gasteiger partial charge in [0.15, 0.2) is 4.80 Å². The lowest BCUT2D eigenvalue weighted by molar-refractivity contribution is -0.385. The highest BCUT2D eigenvalue weighted by atomic mass is 35.5. The highest BCUT2D eigenvalue weighted by molar-refractivity contribution is 7.07. The van der Waals surface area contributed by atoms with E-state index in [1.54, 1.807) is 69.3 Å². The standard InChI is InChI=1S/C30H24ClN3O8S/c1-5-41-29(37)25-16(3)32-30-33(26(25)18-7-6-15(2)22(13-18)34(38)39)27(35)24(43-30)14-19-9-11-23(42-19)17-8-10-21(31)20(12-17)28(36)40-4/h6-14,26H,5H2,1-4H3/b24-14+/t26-/m1/s1. The number of allylic oxidation sites excluding steroid dienone is 1. The first-order chi connectivity index (χ1) is 20.5. The van der Waals surface area contributed by atoms with Gasteiger partial charge >= 0.3 is 11.9 Å². The van der Waals surface area contributed by atoms with Crippen molar-refractivity contribution in [1.29, 1.82) is 0 Å². The Labute approximate surface area is 253 Å². The predicted molar refractivity (Wildman–Crippen MR) is 159 cm³/mol. The number of hydrogen-bond donors (Lipinski definition) is 0. The van der Waals surface area contributed by atoms with E-state index in [0.29, 0.717) is 38.7 Å². The minimum absolute atomic E-state index is 0.0936. The fourth-order valence-electron chi connectivity index (χ4n) is 4.76. The summed E-state index contributed by atoms with van der Waals surface area (Å²) in [4.78, 5) is 55.1. The number of methoxy groups -OCH3 is 1. The van der Waals surface area contributed by atoms with E-state index in [1.165, 1.54) is 17.7 Å². The number of nitro groups is 1. The van der Waals surface area contributed by atoms with Crippen LogP contribution in [0.5, 0.6) is 0 Å². The smallest absolute Gasteiger partial charge is 0.339 e. The predicted octanol–water partition coefficient (Wildman–Crippen LogP) is 4.71. The summed E-state index contributed by atoms with van der Waals surface area (Å²) in [6, 6.07) is 11.7. The van der Waals surface area contributed by atoms with Crippen LogP contribution in [-0.2, 0) is 14.3 Å². The van der Waals surface area contributed by atoms with Crippen LogP contribution in [0.3, 0.4) is 0 Å². The van der Waals surface area contributed by atoms with Crippen LogP contribution < -0.4 is 14.9 Å². The molecule has 1 aliphatic rings. The summed E-state index contributed by atoms with van der Waals surface area (Å²) in [7, 11) is 1.26. The van der Waals surface area contributed by atoms with Crippen molar-refractivity contribution in [2.24, 2.45) is 4.99 Å². The van der Waals surface area contributed by atoms with Crippen LogP contribution in [0.4, 0.5) is 5.69 Å². The molecular formula is C30H24ClN3O8S. The average molecular weight is 622 g/mol. The summed E-state index contributed by atoms with van der Waals surface area (Å²) in [5, 5.41) is 12.0. The Bertz CT molecular complexity index is 2020. The molecule has 4 aromatic rings. The Hall–Kier alpha value is -4.81. The number of hydrogen-bond acceptors (Lipinski definition) is 10. The van der Waals surface area contributed by atoms with Gasteiger partial charge in [-0.1, -0.05) is 35.1 Å². The number of ether oxygens (including phenoxy) is 2. The molecule has 0 N–H and O–H groups in total. The molecule has 43 heavy (non-hydrogen) atoms. The molecule has 0 aliphatic carbocycles. The van der Waals surface area contributed by atoms with Crippen LogP contribution in [0, 0.1) is 17.0 Å². The number of carbonyl (C=O) groups is 2. The molecule has 0 radical (unpaired) electrons. The molecule has 0 saturated carbocycles. The maximum atomic E-state index is 13.9. The number of nitrogens with zero attached hydrogens (tertiary/aromatic N) is 3. The lowest BCUT2D eigenvalue weighted by Crippen LogP contribution is -2.40. The van der Waals surface area contributed by atoms with Crippen molar-refractivity contribution in [3.63, 3.8) is 0 Å². The van der Waals surface area contributed by atoms with Crippen molar-refractivity contribution in [2.75, 3.05) is 13.7 Å². The zero-order valence-corrected chi connectivity index (χ0v) is 24.9. The number of fused-ring (bicyclic) bond motifs is 1. The first-order valence-corrected chi connectivity index (χ1v) is 14.2. The highest BCUT2D eigenvalue weighted by Gasteiger charge is 2.34. The molecule has 0 unspecified atom stereocenters. The molecule has 0 amide bonds. The first kappa shape index (κ1) is 29.7. The van der Waals surface area contributed by atoms with Gasteiger partial charge < -0.3 is 13.9 Å². The fraction of sp³-hybridized carbons (Fsp3) is 0.200. The van der Waals surface area contributed by atoms with Gasteiger partial charge in [0.1, 0.15) is 11.5 Å². The second-order valence-corrected chi connectivity index (χ2v) is 10.9. The van der Waals surface area contributed by atoms with E-state index in [-0.39, 0.29) is 33.0 Å². The Morgan fingerprint density at radius 3 is 2.63 bits per heavy atom. The number of carbonyl (C=O) groups excluding carboxylic acids is 2. The second-order valence-electron chi connectivity index (χ2n) is 9.49. The van der Waals surface area contributed by atoms with E-state index in [1.807, 2.05) is 0 Å². The van der Waals surface area contributed by atoms with E-state index < -0.39 is 28.5 Å². The van der Waals surface area contributed by atoms with Crippen molar-refractivity contribution in [2.45, 2.75) is 26.8 Å². The Balaban J connectivity index is 1.63. The van der Waals surface area contributed by atoms with Crippen LogP contribution in [-0.4, -0.2) is 35.1 Å². The quantitative estimate of drug-likeness (QED) is 0.164. The van der Waals surface area contributed by atoms with E-state index in [2.05, 4.69) is 4.99 Å². The summed E-state index contributed by atoms with van der Waals surface area (Å²) in [5.41, 5.74) is 1.40. The zero-order chi connectivity index (χ0) is 31.0. The summed E-state index contributed by atoms with van der Waals surface area (Å²) in [6.07, 6.45) is 1.54. The van der Waals surface area contributed by atoms with Gasteiger partial charge in [0.05, 0.1) is 51.1 Å². The second kappa shape index (κ2) is 11.8. The van der Waals surface area contributed by atoms with E-state index in [9.17, 15) is 24.5 Å². The number of thiazole rings is 1. The summed E-state index contributed by atoms with van der Waals surface area (Å²) < 4.78 is 17.6. The molecule has 1 aliphatic heterocycles. The number of halogens is 1. The van der Waals surface area contributed by atoms with Gasteiger partial charge in [0.25, 0.3) is 11.2 Å². The minimum Gasteiger partial charge on any atom is -0.465 e. The Kier molecular flexibility index (Phi) is 8.16. The van der Waals surface area contributed by atoms with Crippen molar-refractivity contribution >= 4 is 46.6 Å². The van der Waals surface area contributed by atoms with Gasteiger partial charge in [0, 0.05) is 23.3 Å². The third-order valence-electron chi connectivity index (χ3n) is 6.82. The number of furan rings is 1. The topological polar surface area (TPSA) is 143 Å². The Morgan fingerprint density at radius 1 is 1.16 bits per heavy atom. The van der Waals surface area contributed by atoms with E-state index >= 15 is 0 Å². The minimum atomic E-state index is -1.00. The maximum Gasteiger partial charge on any atom is 0.339 e. The molecule has 2 aromatic carbocycles. The normalized spacial score (nSPS) is 14.7. The zero-order valence-electron chi connectivity index (χ0n) is 23.4.